The van der Waals surface area contributed by atoms with E-state index in [0.29, 0.717) is 17.8 Å². The first-order valence-electron chi connectivity index (χ1n) is 7.08. The van der Waals surface area contributed by atoms with E-state index in [4.69, 9.17) is 10.5 Å². The molecule has 4 heteroatoms. The first-order valence-corrected chi connectivity index (χ1v) is 7.08. The summed E-state index contributed by atoms with van der Waals surface area (Å²) in [5, 5.41) is 0. The average Bonchev–Trinajstić information content (AvgIpc) is 2.24. The molecule has 1 saturated carbocycles. The molecule has 1 amide bonds. The number of ether oxygens (including phenoxy) is 1. The van der Waals surface area contributed by atoms with Gasteiger partial charge in [-0.25, -0.2) is 4.79 Å². The van der Waals surface area contributed by atoms with Crippen LogP contribution in [0.15, 0.2) is 0 Å². The Balaban J connectivity index is 1.99. The fourth-order valence-corrected chi connectivity index (χ4v) is 3.41. The normalized spacial score (nSPS) is 32.2. The number of nitrogens with zero attached hydrogens (tertiary/aromatic N) is 1. The van der Waals surface area contributed by atoms with Crippen LogP contribution in [0.5, 0.6) is 0 Å². The van der Waals surface area contributed by atoms with Crippen LogP contribution in [-0.4, -0.2) is 36.2 Å². The van der Waals surface area contributed by atoms with Crippen molar-refractivity contribution in [2.24, 2.45) is 23.5 Å². The van der Waals surface area contributed by atoms with E-state index in [1.165, 1.54) is 19.3 Å². The number of hydrogen-bond acceptors (Lipinski definition) is 3. The fourth-order valence-electron chi connectivity index (χ4n) is 3.41. The van der Waals surface area contributed by atoms with Gasteiger partial charge >= 0.3 is 6.09 Å². The maximum Gasteiger partial charge on any atom is 0.410 e. The minimum atomic E-state index is -0.406. The van der Waals surface area contributed by atoms with E-state index < -0.39 is 5.60 Å². The quantitative estimate of drug-likeness (QED) is 0.780. The summed E-state index contributed by atoms with van der Waals surface area (Å²) in [7, 11) is 0. The van der Waals surface area contributed by atoms with E-state index in [9.17, 15) is 4.79 Å². The predicted octanol–water partition coefficient (Wildman–Crippen LogP) is 2.23. The summed E-state index contributed by atoms with van der Waals surface area (Å²) < 4.78 is 5.47. The molecular formula is C14H26N2O2. The van der Waals surface area contributed by atoms with E-state index in [1.807, 2.05) is 25.7 Å². The summed E-state index contributed by atoms with van der Waals surface area (Å²) in [4.78, 5) is 14.0. The van der Waals surface area contributed by atoms with Gasteiger partial charge < -0.3 is 15.4 Å². The molecule has 18 heavy (non-hydrogen) atoms. The van der Waals surface area contributed by atoms with Crippen LogP contribution in [0.1, 0.15) is 40.0 Å². The van der Waals surface area contributed by atoms with E-state index >= 15 is 0 Å². The molecule has 1 aliphatic heterocycles. The molecule has 2 N–H and O–H groups in total. The average molecular weight is 254 g/mol. The lowest BCUT2D eigenvalue weighted by Gasteiger charge is -2.47. The highest BCUT2D eigenvalue weighted by Crippen LogP contribution is 2.39. The molecule has 2 fully saturated rings. The van der Waals surface area contributed by atoms with Gasteiger partial charge in [0.05, 0.1) is 0 Å². The predicted molar refractivity (Wildman–Crippen MR) is 71.2 cm³/mol. The lowest BCUT2D eigenvalue weighted by atomic mass is 9.69. The highest BCUT2D eigenvalue weighted by atomic mass is 16.6. The number of hydrogen-bond donors (Lipinski definition) is 1. The molecule has 0 aromatic rings. The Bertz CT molecular complexity index is 297. The van der Waals surface area contributed by atoms with E-state index in [2.05, 4.69) is 0 Å². The molecule has 1 unspecified atom stereocenters. The van der Waals surface area contributed by atoms with Gasteiger partial charge in [0.25, 0.3) is 0 Å². The Hall–Kier alpha value is -0.770. The number of amides is 1. The number of piperidine rings is 1. The van der Waals surface area contributed by atoms with Crippen molar-refractivity contribution in [3.63, 3.8) is 0 Å². The van der Waals surface area contributed by atoms with Gasteiger partial charge in [0.2, 0.25) is 0 Å². The zero-order valence-corrected chi connectivity index (χ0v) is 11.8. The minimum absolute atomic E-state index is 0.158. The van der Waals surface area contributed by atoms with Crippen molar-refractivity contribution in [3.8, 4) is 0 Å². The van der Waals surface area contributed by atoms with Crippen LogP contribution in [0.4, 0.5) is 4.79 Å². The summed E-state index contributed by atoms with van der Waals surface area (Å²) in [6, 6.07) is 0. The van der Waals surface area contributed by atoms with Gasteiger partial charge in [0.1, 0.15) is 5.60 Å². The van der Waals surface area contributed by atoms with Crippen LogP contribution in [0, 0.1) is 17.8 Å². The van der Waals surface area contributed by atoms with Gasteiger partial charge in [-0.15, -0.1) is 0 Å². The Morgan fingerprint density at radius 1 is 1.28 bits per heavy atom. The third-order valence-electron chi connectivity index (χ3n) is 4.19. The Labute approximate surface area is 110 Å². The Morgan fingerprint density at radius 2 is 1.83 bits per heavy atom. The second-order valence-electron chi connectivity index (χ2n) is 6.74. The molecule has 2 rings (SSSR count). The lowest BCUT2D eigenvalue weighted by Crippen LogP contribution is -2.53. The molecule has 1 aliphatic carbocycles. The zero-order chi connectivity index (χ0) is 13.3. The minimum Gasteiger partial charge on any atom is -0.444 e. The molecule has 104 valence electrons. The van der Waals surface area contributed by atoms with Gasteiger partial charge in [-0.3, -0.25) is 0 Å². The number of fused-ring (bicyclic) bond motifs is 2. The largest absolute Gasteiger partial charge is 0.444 e. The number of rotatable bonds is 1. The number of carbonyl (C=O) groups excluding carboxylic acids is 1. The van der Waals surface area contributed by atoms with E-state index in [1.54, 1.807) is 0 Å². The Morgan fingerprint density at radius 3 is 2.28 bits per heavy atom. The standard InChI is InChI=1S/C14H26N2O2/c1-14(2,3)18-13(17)16-8-10-5-4-6-11(9-16)12(10)7-15/h10-12H,4-9,15H2,1-3H3/t10-,11+,12?. The van der Waals surface area contributed by atoms with Gasteiger partial charge in [0, 0.05) is 13.1 Å². The first-order chi connectivity index (χ1) is 8.40. The molecule has 4 nitrogen and oxygen atoms in total. The molecule has 0 aromatic heterocycles. The molecule has 0 radical (unpaired) electrons. The lowest BCUT2D eigenvalue weighted by molar-refractivity contribution is -0.0136. The van der Waals surface area contributed by atoms with E-state index in [-0.39, 0.29) is 6.09 Å². The van der Waals surface area contributed by atoms with Crippen molar-refractivity contribution in [3.05, 3.63) is 0 Å². The number of carbonyl (C=O) groups is 1. The molecule has 0 spiro atoms. The van der Waals surface area contributed by atoms with Gasteiger partial charge in [-0.2, -0.15) is 0 Å². The molecule has 3 atom stereocenters. The van der Waals surface area contributed by atoms with Crippen LogP contribution >= 0.6 is 0 Å². The van der Waals surface area contributed by atoms with Gasteiger partial charge in [-0.05, 0) is 57.9 Å². The van der Waals surface area contributed by atoms with Crippen LogP contribution in [0.25, 0.3) is 0 Å². The maximum absolute atomic E-state index is 12.1. The number of nitrogens with two attached hydrogens (primary N) is 1. The second-order valence-corrected chi connectivity index (χ2v) is 6.74. The highest BCUT2D eigenvalue weighted by molar-refractivity contribution is 5.68. The summed E-state index contributed by atoms with van der Waals surface area (Å²) in [6.45, 7) is 8.16. The van der Waals surface area contributed by atoms with E-state index in [0.717, 1.165) is 19.6 Å². The van der Waals surface area contributed by atoms with Crippen molar-refractivity contribution in [2.45, 2.75) is 45.6 Å². The summed E-state index contributed by atoms with van der Waals surface area (Å²) in [5.41, 5.74) is 5.48. The third kappa shape index (κ3) is 2.97. The van der Waals surface area contributed by atoms with Gasteiger partial charge in [0.15, 0.2) is 0 Å². The maximum atomic E-state index is 12.1. The molecule has 1 saturated heterocycles. The molecular weight excluding hydrogens is 228 g/mol. The molecule has 1 heterocycles. The SMILES string of the molecule is CC(C)(C)OC(=O)N1C[C@H]2CCC[C@@H](C1)C2CN. The van der Waals surface area contributed by atoms with Gasteiger partial charge in [-0.1, -0.05) is 6.42 Å². The van der Waals surface area contributed by atoms with Crippen LogP contribution in [0.3, 0.4) is 0 Å². The van der Waals surface area contributed by atoms with Crippen molar-refractivity contribution < 1.29 is 9.53 Å². The van der Waals surface area contributed by atoms with Crippen molar-refractivity contribution in [1.29, 1.82) is 0 Å². The fraction of sp³-hybridized carbons (Fsp3) is 0.929. The highest BCUT2D eigenvalue weighted by Gasteiger charge is 2.40. The Kier molecular flexibility index (Phi) is 3.85. The van der Waals surface area contributed by atoms with Crippen LogP contribution < -0.4 is 5.73 Å². The smallest absolute Gasteiger partial charge is 0.410 e. The monoisotopic (exact) mass is 254 g/mol. The van der Waals surface area contributed by atoms with Crippen LogP contribution in [0.2, 0.25) is 0 Å². The topological polar surface area (TPSA) is 55.6 Å². The third-order valence-corrected chi connectivity index (χ3v) is 4.19. The van der Waals surface area contributed by atoms with Crippen LogP contribution in [-0.2, 0) is 4.74 Å². The summed E-state index contributed by atoms with van der Waals surface area (Å²) >= 11 is 0. The summed E-state index contributed by atoms with van der Waals surface area (Å²) in [5.74, 6) is 1.77. The number of likely N-dealkylation sites (tertiary alicyclic amines) is 1. The van der Waals surface area contributed by atoms with Crippen molar-refractivity contribution >= 4 is 6.09 Å². The molecule has 2 aliphatic rings. The first kappa shape index (κ1) is 13.7. The zero-order valence-electron chi connectivity index (χ0n) is 11.8. The van der Waals surface area contributed by atoms with Crippen molar-refractivity contribution in [1.82, 2.24) is 4.90 Å². The van der Waals surface area contributed by atoms with Crippen molar-refractivity contribution in [2.75, 3.05) is 19.6 Å². The molecule has 0 aromatic carbocycles. The molecule has 2 bridgehead atoms. The summed E-state index contributed by atoms with van der Waals surface area (Å²) in [6.07, 6.45) is 3.54. The second kappa shape index (κ2) is 5.08.